The van der Waals surface area contributed by atoms with E-state index in [1.165, 1.54) is 12.3 Å². The molecule has 0 bridgehead atoms. The van der Waals surface area contributed by atoms with Crippen molar-refractivity contribution in [3.8, 4) is 0 Å². The number of hydrogen-bond acceptors (Lipinski definition) is 3. The van der Waals surface area contributed by atoms with Gasteiger partial charge in [-0.15, -0.1) is 0 Å². The van der Waals surface area contributed by atoms with Gasteiger partial charge in [-0.25, -0.2) is 9.78 Å². The Labute approximate surface area is 106 Å². The Bertz CT molecular complexity index is 541. The van der Waals surface area contributed by atoms with Crippen LogP contribution in [0, 0.1) is 0 Å². The molecule has 0 aliphatic heterocycles. The maximum atomic E-state index is 11.0. The van der Waals surface area contributed by atoms with E-state index in [4.69, 9.17) is 5.11 Å². The molecule has 92 valence electrons. The van der Waals surface area contributed by atoms with Crippen molar-refractivity contribution in [1.29, 1.82) is 0 Å². The zero-order valence-electron chi connectivity index (χ0n) is 10.1. The van der Waals surface area contributed by atoms with E-state index in [0.29, 0.717) is 5.82 Å². The lowest BCUT2D eigenvalue weighted by Crippen LogP contribution is -2.17. The topological polar surface area (TPSA) is 53.4 Å². The van der Waals surface area contributed by atoms with Crippen molar-refractivity contribution in [2.24, 2.45) is 0 Å². The van der Waals surface area contributed by atoms with E-state index in [1.807, 2.05) is 42.2 Å². The number of aromatic carboxylic acids is 1. The summed E-state index contributed by atoms with van der Waals surface area (Å²) in [6.45, 7) is 2.72. The maximum absolute atomic E-state index is 11.0. The monoisotopic (exact) mass is 242 g/mol. The number of anilines is 2. The van der Waals surface area contributed by atoms with Gasteiger partial charge in [-0.05, 0) is 31.2 Å². The van der Waals surface area contributed by atoms with E-state index >= 15 is 0 Å². The lowest BCUT2D eigenvalue weighted by Gasteiger charge is -2.22. The van der Waals surface area contributed by atoms with Crippen LogP contribution >= 0.6 is 0 Å². The fourth-order valence-electron chi connectivity index (χ4n) is 1.78. The summed E-state index contributed by atoms with van der Waals surface area (Å²) in [6.07, 6.45) is 1.52. The number of rotatable bonds is 4. The highest BCUT2D eigenvalue weighted by Gasteiger charge is 2.10. The highest BCUT2D eigenvalue weighted by atomic mass is 16.4. The van der Waals surface area contributed by atoms with Crippen molar-refractivity contribution in [1.82, 2.24) is 4.98 Å². The molecule has 0 saturated carbocycles. The van der Waals surface area contributed by atoms with Crippen molar-refractivity contribution >= 4 is 17.5 Å². The molecule has 0 aliphatic rings. The zero-order valence-corrected chi connectivity index (χ0v) is 10.1. The van der Waals surface area contributed by atoms with Gasteiger partial charge in [0, 0.05) is 18.4 Å². The molecule has 0 fully saturated rings. The molecule has 0 radical (unpaired) electrons. The van der Waals surface area contributed by atoms with Crippen LogP contribution in [0.4, 0.5) is 11.5 Å². The number of benzene rings is 1. The number of carbonyl (C=O) groups is 1. The fourth-order valence-corrected chi connectivity index (χ4v) is 1.78. The molecule has 1 N–H and O–H groups in total. The first-order chi connectivity index (χ1) is 8.72. The Balaban J connectivity index is 2.39. The first kappa shape index (κ1) is 12.1. The lowest BCUT2D eigenvalue weighted by atomic mass is 10.2. The predicted molar refractivity (Wildman–Crippen MR) is 70.3 cm³/mol. The first-order valence-electron chi connectivity index (χ1n) is 5.74. The third-order valence-corrected chi connectivity index (χ3v) is 2.65. The van der Waals surface area contributed by atoms with Gasteiger partial charge in [0.1, 0.15) is 5.82 Å². The molecule has 0 unspecified atom stereocenters. The number of aromatic nitrogens is 1. The van der Waals surface area contributed by atoms with Crippen LogP contribution in [-0.2, 0) is 0 Å². The molecule has 0 aliphatic carbocycles. The van der Waals surface area contributed by atoms with Crippen LogP contribution in [0.1, 0.15) is 17.3 Å². The summed E-state index contributed by atoms with van der Waals surface area (Å²) in [5.74, 6) is -0.300. The smallest absolute Gasteiger partial charge is 0.335 e. The summed E-state index contributed by atoms with van der Waals surface area (Å²) in [7, 11) is 0. The molecule has 1 aromatic carbocycles. The molecule has 2 rings (SSSR count). The van der Waals surface area contributed by atoms with E-state index < -0.39 is 5.97 Å². The third kappa shape index (κ3) is 2.48. The highest BCUT2D eigenvalue weighted by Crippen LogP contribution is 2.23. The summed E-state index contributed by atoms with van der Waals surface area (Å²) < 4.78 is 0. The molecule has 1 aromatic heterocycles. The van der Waals surface area contributed by atoms with Crippen molar-refractivity contribution < 1.29 is 9.90 Å². The molecular formula is C14H14N2O2. The average Bonchev–Trinajstić information content (AvgIpc) is 2.41. The highest BCUT2D eigenvalue weighted by molar-refractivity contribution is 5.88. The second kappa shape index (κ2) is 5.31. The SMILES string of the molecule is CCN(c1ccccc1)c1cc(C(=O)O)ccn1. The molecule has 0 amide bonds. The van der Waals surface area contributed by atoms with Gasteiger partial charge in [0.05, 0.1) is 5.56 Å². The number of nitrogens with zero attached hydrogens (tertiary/aromatic N) is 2. The van der Waals surface area contributed by atoms with E-state index in [-0.39, 0.29) is 5.56 Å². The van der Waals surface area contributed by atoms with Crippen molar-refractivity contribution in [3.63, 3.8) is 0 Å². The molecule has 0 saturated heterocycles. The third-order valence-electron chi connectivity index (χ3n) is 2.65. The van der Waals surface area contributed by atoms with Gasteiger partial charge in [-0.3, -0.25) is 0 Å². The normalized spacial score (nSPS) is 10.1. The predicted octanol–water partition coefficient (Wildman–Crippen LogP) is 2.94. The van der Waals surface area contributed by atoms with Gasteiger partial charge < -0.3 is 10.0 Å². The molecular weight excluding hydrogens is 228 g/mol. The molecule has 4 nitrogen and oxygen atoms in total. The van der Waals surface area contributed by atoms with Crippen LogP contribution in [0.3, 0.4) is 0 Å². The number of hydrogen-bond donors (Lipinski definition) is 1. The minimum atomic E-state index is -0.942. The van der Waals surface area contributed by atoms with Crippen molar-refractivity contribution in [2.75, 3.05) is 11.4 Å². The van der Waals surface area contributed by atoms with Crippen LogP contribution < -0.4 is 4.90 Å². The van der Waals surface area contributed by atoms with Crippen LogP contribution in [0.2, 0.25) is 0 Å². The van der Waals surface area contributed by atoms with Gasteiger partial charge in [-0.2, -0.15) is 0 Å². The van der Waals surface area contributed by atoms with Gasteiger partial charge in [0.25, 0.3) is 0 Å². The number of carboxylic acid groups (broad SMARTS) is 1. The second-order valence-electron chi connectivity index (χ2n) is 3.79. The van der Waals surface area contributed by atoms with Gasteiger partial charge in [0.2, 0.25) is 0 Å². The van der Waals surface area contributed by atoms with Crippen LogP contribution in [0.15, 0.2) is 48.7 Å². The van der Waals surface area contributed by atoms with E-state index in [0.717, 1.165) is 12.2 Å². The summed E-state index contributed by atoms with van der Waals surface area (Å²) in [6, 6.07) is 12.8. The van der Waals surface area contributed by atoms with Gasteiger partial charge >= 0.3 is 5.97 Å². The van der Waals surface area contributed by atoms with E-state index in [1.54, 1.807) is 6.07 Å². The largest absolute Gasteiger partial charge is 0.478 e. The lowest BCUT2D eigenvalue weighted by molar-refractivity contribution is 0.0697. The summed E-state index contributed by atoms with van der Waals surface area (Å²) >= 11 is 0. The van der Waals surface area contributed by atoms with Crippen molar-refractivity contribution in [2.45, 2.75) is 6.92 Å². The van der Waals surface area contributed by atoms with Gasteiger partial charge in [0.15, 0.2) is 0 Å². The average molecular weight is 242 g/mol. The number of pyridine rings is 1. The van der Waals surface area contributed by atoms with Gasteiger partial charge in [-0.1, -0.05) is 18.2 Å². The Hall–Kier alpha value is -2.36. The minimum absolute atomic E-state index is 0.245. The summed E-state index contributed by atoms with van der Waals surface area (Å²) in [5, 5.41) is 8.99. The molecule has 0 spiro atoms. The molecule has 4 heteroatoms. The molecule has 18 heavy (non-hydrogen) atoms. The Morgan fingerprint density at radius 3 is 2.61 bits per heavy atom. The fraction of sp³-hybridized carbons (Fsp3) is 0.143. The standard InChI is InChI=1S/C14H14N2O2/c1-2-16(12-6-4-3-5-7-12)13-10-11(14(17)18)8-9-15-13/h3-10H,2H2,1H3,(H,17,18). The summed E-state index contributed by atoms with van der Waals surface area (Å²) in [4.78, 5) is 17.2. The van der Waals surface area contributed by atoms with E-state index in [9.17, 15) is 4.79 Å². The number of carboxylic acids is 1. The Kier molecular flexibility index (Phi) is 3.57. The Morgan fingerprint density at radius 1 is 1.28 bits per heavy atom. The zero-order chi connectivity index (χ0) is 13.0. The Morgan fingerprint density at radius 2 is 2.00 bits per heavy atom. The summed E-state index contributed by atoms with van der Waals surface area (Å²) in [5.41, 5.74) is 1.24. The quantitative estimate of drug-likeness (QED) is 0.895. The van der Waals surface area contributed by atoms with Crippen LogP contribution in [0.25, 0.3) is 0 Å². The first-order valence-corrected chi connectivity index (χ1v) is 5.74. The maximum Gasteiger partial charge on any atom is 0.335 e. The molecule has 1 heterocycles. The molecule has 2 aromatic rings. The molecule has 0 atom stereocenters. The van der Waals surface area contributed by atoms with Crippen LogP contribution in [-0.4, -0.2) is 22.6 Å². The van der Waals surface area contributed by atoms with Crippen LogP contribution in [0.5, 0.6) is 0 Å². The van der Waals surface area contributed by atoms with Crippen molar-refractivity contribution in [3.05, 3.63) is 54.2 Å². The number of para-hydroxylation sites is 1. The second-order valence-corrected chi connectivity index (χ2v) is 3.79. The minimum Gasteiger partial charge on any atom is -0.478 e. The van der Waals surface area contributed by atoms with E-state index in [2.05, 4.69) is 4.98 Å².